The van der Waals surface area contributed by atoms with E-state index in [0.717, 1.165) is 28.6 Å². The third-order valence-corrected chi connectivity index (χ3v) is 3.76. The summed E-state index contributed by atoms with van der Waals surface area (Å²) in [5.74, 6) is -0.931. The molecule has 0 aliphatic rings. The van der Waals surface area contributed by atoms with E-state index in [1.54, 1.807) is 6.08 Å². The highest BCUT2D eigenvalue weighted by atomic mass is 79.9. The monoisotopic (exact) mass is 325 g/mol. The highest BCUT2D eigenvalue weighted by Gasteiger charge is 2.14. The molecule has 104 valence electrons. The van der Waals surface area contributed by atoms with Crippen molar-refractivity contribution in [2.45, 2.75) is 32.7 Å². The van der Waals surface area contributed by atoms with Crippen LogP contribution in [0.15, 0.2) is 28.7 Å². The van der Waals surface area contributed by atoms with E-state index >= 15 is 0 Å². The Hall–Kier alpha value is -1.29. The predicted octanol–water partition coefficient (Wildman–Crippen LogP) is 4.17. The van der Waals surface area contributed by atoms with Crippen molar-refractivity contribution in [3.05, 3.63) is 34.3 Å². The summed E-state index contributed by atoms with van der Waals surface area (Å²) < 4.78 is 0.993. The van der Waals surface area contributed by atoms with E-state index in [2.05, 4.69) is 41.7 Å². The number of carbonyl (C=O) groups is 1. The van der Waals surface area contributed by atoms with Gasteiger partial charge in [0.25, 0.3) is 0 Å². The Morgan fingerprint density at radius 3 is 2.58 bits per heavy atom. The van der Waals surface area contributed by atoms with Gasteiger partial charge in [-0.3, -0.25) is 0 Å². The number of carboxylic acid groups (broad SMARTS) is 1. The highest BCUT2D eigenvalue weighted by Crippen LogP contribution is 2.28. The Kier molecular flexibility index (Phi) is 6.09. The summed E-state index contributed by atoms with van der Waals surface area (Å²) in [5, 5.41) is 8.75. The van der Waals surface area contributed by atoms with E-state index in [1.807, 2.05) is 18.2 Å². The molecular formula is C15H20BrNO2. The Morgan fingerprint density at radius 1 is 1.42 bits per heavy atom. The van der Waals surface area contributed by atoms with Crippen LogP contribution in [-0.4, -0.2) is 24.2 Å². The number of anilines is 1. The van der Waals surface area contributed by atoms with Gasteiger partial charge in [-0.2, -0.15) is 0 Å². The standard InChI is InChI=1S/C15H20BrNO2/c1-4-13(5-2)17(3)14-10-12(16)8-6-11(14)7-9-15(18)19/h6-10,13H,4-5H2,1-3H3,(H,18,19)/b9-7+. The highest BCUT2D eigenvalue weighted by molar-refractivity contribution is 9.10. The van der Waals surface area contributed by atoms with E-state index in [1.165, 1.54) is 6.08 Å². The Morgan fingerprint density at radius 2 is 2.05 bits per heavy atom. The van der Waals surface area contributed by atoms with Crippen LogP contribution in [-0.2, 0) is 4.79 Å². The van der Waals surface area contributed by atoms with Crippen molar-refractivity contribution in [3.63, 3.8) is 0 Å². The SMILES string of the molecule is CCC(CC)N(C)c1cc(Br)ccc1/C=C/C(=O)O. The van der Waals surface area contributed by atoms with Gasteiger partial charge >= 0.3 is 5.97 Å². The fraction of sp³-hybridized carbons (Fsp3) is 0.400. The summed E-state index contributed by atoms with van der Waals surface area (Å²) in [4.78, 5) is 12.9. The van der Waals surface area contributed by atoms with Gasteiger partial charge in [0.2, 0.25) is 0 Å². The maximum atomic E-state index is 10.7. The van der Waals surface area contributed by atoms with Gasteiger partial charge in [-0.05, 0) is 36.6 Å². The minimum absolute atomic E-state index is 0.450. The van der Waals surface area contributed by atoms with Gasteiger partial charge in [-0.25, -0.2) is 4.79 Å². The van der Waals surface area contributed by atoms with Crippen LogP contribution in [0.4, 0.5) is 5.69 Å². The van der Waals surface area contributed by atoms with Gasteiger partial charge in [0, 0.05) is 29.3 Å². The van der Waals surface area contributed by atoms with E-state index in [4.69, 9.17) is 5.11 Å². The number of benzene rings is 1. The van der Waals surface area contributed by atoms with Gasteiger partial charge in [-0.15, -0.1) is 0 Å². The lowest BCUT2D eigenvalue weighted by molar-refractivity contribution is -0.131. The van der Waals surface area contributed by atoms with Crippen molar-refractivity contribution < 1.29 is 9.90 Å². The molecule has 3 nitrogen and oxygen atoms in total. The van der Waals surface area contributed by atoms with Crippen molar-refractivity contribution in [2.75, 3.05) is 11.9 Å². The molecule has 1 rings (SSSR count). The Balaban J connectivity index is 3.16. The van der Waals surface area contributed by atoms with Crippen LogP contribution in [0.1, 0.15) is 32.3 Å². The van der Waals surface area contributed by atoms with Crippen LogP contribution in [0.2, 0.25) is 0 Å². The number of halogens is 1. The molecule has 1 aromatic carbocycles. The molecule has 0 aliphatic heterocycles. The van der Waals surface area contributed by atoms with Gasteiger partial charge in [0.1, 0.15) is 0 Å². The minimum Gasteiger partial charge on any atom is -0.478 e. The molecule has 0 spiro atoms. The zero-order valence-corrected chi connectivity index (χ0v) is 13.1. The number of hydrogen-bond donors (Lipinski definition) is 1. The van der Waals surface area contributed by atoms with Crippen molar-refractivity contribution in [3.8, 4) is 0 Å². The van der Waals surface area contributed by atoms with Crippen LogP contribution in [0.25, 0.3) is 6.08 Å². The molecule has 0 saturated heterocycles. The number of rotatable bonds is 6. The maximum Gasteiger partial charge on any atom is 0.328 e. The van der Waals surface area contributed by atoms with Crippen molar-refractivity contribution >= 4 is 33.7 Å². The summed E-state index contributed by atoms with van der Waals surface area (Å²) in [6.07, 6.45) is 4.93. The molecule has 0 bridgehead atoms. The van der Waals surface area contributed by atoms with Crippen molar-refractivity contribution in [1.82, 2.24) is 0 Å². The molecule has 0 aliphatic carbocycles. The average Bonchev–Trinajstić information content (AvgIpc) is 2.38. The first-order valence-electron chi connectivity index (χ1n) is 6.43. The normalized spacial score (nSPS) is 11.2. The molecular weight excluding hydrogens is 306 g/mol. The molecule has 0 heterocycles. The fourth-order valence-corrected chi connectivity index (χ4v) is 2.51. The lowest BCUT2D eigenvalue weighted by atomic mass is 10.1. The average molecular weight is 326 g/mol. The van der Waals surface area contributed by atoms with E-state index in [9.17, 15) is 4.79 Å². The van der Waals surface area contributed by atoms with Crippen LogP contribution < -0.4 is 4.90 Å². The summed E-state index contributed by atoms with van der Waals surface area (Å²) in [5.41, 5.74) is 1.96. The second-order valence-corrected chi connectivity index (χ2v) is 5.37. The second-order valence-electron chi connectivity index (χ2n) is 4.46. The molecule has 1 N–H and O–H groups in total. The first kappa shape index (κ1) is 15.8. The van der Waals surface area contributed by atoms with Crippen LogP contribution in [0, 0.1) is 0 Å². The first-order chi connectivity index (χ1) is 8.99. The van der Waals surface area contributed by atoms with E-state index < -0.39 is 5.97 Å². The molecule has 4 heteroatoms. The summed E-state index contributed by atoms with van der Waals surface area (Å²) in [6.45, 7) is 4.32. The summed E-state index contributed by atoms with van der Waals surface area (Å²) in [7, 11) is 2.05. The van der Waals surface area contributed by atoms with Gasteiger partial charge in [0.15, 0.2) is 0 Å². The molecule has 0 aromatic heterocycles. The van der Waals surface area contributed by atoms with Gasteiger partial charge in [0.05, 0.1) is 0 Å². The van der Waals surface area contributed by atoms with Gasteiger partial charge < -0.3 is 10.0 Å². The van der Waals surface area contributed by atoms with Crippen molar-refractivity contribution in [2.24, 2.45) is 0 Å². The molecule has 0 unspecified atom stereocenters. The number of aliphatic carboxylic acids is 1. The predicted molar refractivity (Wildman–Crippen MR) is 83.6 cm³/mol. The third kappa shape index (κ3) is 4.39. The Bertz CT molecular complexity index is 467. The number of carboxylic acids is 1. The molecule has 1 aromatic rings. The zero-order valence-electron chi connectivity index (χ0n) is 11.6. The second kappa shape index (κ2) is 7.34. The van der Waals surface area contributed by atoms with E-state index in [0.29, 0.717) is 6.04 Å². The molecule has 19 heavy (non-hydrogen) atoms. The largest absolute Gasteiger partial charge is 0.478 e. The lowest BCUT2D eigenvalue weighted by Crippen LogP contribution is -2.30. The topological polar surface area (TPSA) is 40.5 Å². The van der Waals surface area contributed by atoms with E-state index in [-0.39, 0.29) is 0 Å². The molecule has 0 saturated carbocycles. The lowest BCUT2D eigenvalue weighted by Gasteiger charge is -2.30. The third-order valence-electron chi connectivity index (χ3n) is 3.27. The molecule has 0 atom stereocenters. The fourth-order valence-electron chi connectivity index (χ4n) is 2.16. The number of nitrogens with zero attached hydrogens (tertiary/aromatic N) is 1. The van der Waals surface area contributed by atoms with Crippen LogP contribution in [0.5, 0.6) is 0 Å². The Labute approximate surface area is 123 Å². The maximum absolute atomic E-state index is 10.7. The minimum atomic E-state index is -0.931. The van der Waals surface area contributed by atoms with Crippen LogP contribution >= 0.6 is 15.9 Å². The first-order valence-corrected chi connectivity index (χ1v) is 7.22. The smallest absolute Gasteiger partial charge is 0.328 e. The quantitative estimate of drug-likeness (QED) is 0.798. The zero-order chi connectivity index (χ0) is 14.4. The molecule has 0 radical (unpaired) electrons. The summed E-state index contributed by atoms with van der Waals surface area (Å²) in [6, 6.07) is 6.33. The van der Waals surface area contributed by atoms with Crippen LogP contribution in [0.3, 0.4) is 0 Å². The van der Waals surface area contributed by atoms with Crippen molar-refractivity contribution in [1.29, 1.82) is 0 Å². The molecule has 0 fully saturated rings. The molecule has 0 amide bonds. The summed E-state index contributed by atoms with van der Waals surface area (Å²) >= 11 is 3.47. The number of hydrogen-bond acceptors (Lipinski definition) is 2. The van der Waals surface area contributed by atoms with Gasteiger partial charge in [-0.1, -0.05) is 35.8 Å².